The molecular weight excluding hydrogens is 291 g/mol. The molecule has 0 N–H and O–H groups in total. The van der Waals surface area contributed by atoms with Crippen molar-refractivity contribution < 1.29 is 2.85 Å². The first kappa shape index (κ1) is 12.2. The second kappa shape index (κ2) is 11.3. The third kappa shape index (κ3) is 10.5. The van der Waals surface area contributed by atoms with E-state index in [9.17, 15) is 0 Å². The summed E-state index contributed by atoms with van der Waals surface area (Å²) in [7, 11) is 0. The second-order valence-electron chi connectivity index (χ2n) is 1.06. The molecule has 0 amide bonds. The summed E-state index contributed by atoms with van der Waals surface area (Å²) in [5.74, 6) is 2.91. The minimum Gasteiger partial charge on any atom is -1.00 e. The van der Waals surface area contributed by atoms with Crippen molar-refractivity contribution in [3.8, 4) is 10.8 Å². The van der Waals surface area contributed by atoms with Gasteiger partial charge in [-0.25, -0.2) is 0 Å². The summed E-state index contributed by atoms with van der Waals surface area (Å²) in [6.07, 6.45) is 2.23. The number of alkyl halides is 1. The van der Waals surface area contributed by atoms with Gasteiger partial charge in [0.25, 0.3) is 0 Å². The van der Waals surface area contributed by atoms with E-state index in [4.69, 9.17) is 0 Å². The molecule has 0 heterocycles. The average molecular weight is 299 g/mol. The molecule has 0 aromatic carbocycles. The molecule has 0 atom stereocenters. The topological polar surface area (TPSA) is 0 Å². The maximum Gasteiger partial charge on any atom is 2.00 e. The predicted molar refractivity (Wildman–Crippen MR) is 52.8 cm³/mol. The normalized spacial score (nSPS) is 6.25. The van der Waals surface area contributed by atoms with Crippen LogP contribution in [-0.4, -0.2) is 27.5 Å². The van der Waals surface area contributed by atoms with E-state index in [-0.39, 0.29) is 25.9 Å². The first-order chi connectivity index (χ1) is 3.41. The molecule has 0 unspecified atom stereocenters. The molecule has 0 fully saturated rings. The fourth-order valence-electron chi connectivity index (χ4n) is 0.202. The predicted octanol–water partition coefficient (Wildman–Crippen LogP) is 2.40. The zero-order valence-corrected chi connectivity index (χ0v) is 9.74. The summed E-state index contributed by atoms with van der Waals surface area (Å²) in [6.45, 7) is 0. The van der Waals surface area contributed by atoms with Crippen molar-refractivity contribution in [1.82, 2.24) is 0 Å². The number of hydrogen-bond donors (Lipinski definition) is 0. The Hall–Kier alpha value is 1.54. The van der Waals surface area contributed by atoms with Gasteiger partial charge in [0, 0.05) is 26.8 Å². The molecule has 0 aliphatic carbocycles. The standard InChI is InChI=1S/C5H6BrI.Mg.2H/c6-4-2-1-3-5-7;;;/h1,3,5H2;;;/q;+2;2*-1. The number of rotatable bonds is 2. The van der Waals surface area contributed by atoms with Gasteiger partial charge in [-0.15, -0.1) is 0 Å². The SMILES string of the molecule is BrC#CCCCI.[H-].[H-].[Mg+2]. The summed E-state index contributed by atoms with van der Waals surface area (Å²) in [6, 6.07) is 0. The summed E-state index contributed by atoms with van der Waals surface area (Å²) in [4.78, 5) is 2.66. The Kier molecular flexibility index (Phi) is 17.4. The first-order valence-electron chi connectivity index (χ1n) is 2.06. The van der Waals surface area contributed by atoms with Crippen molar-refractivity contribution in [3.63, 3.8) is 0 Å². The van der Waals surface area contributed by atoms with Crippen LogP contribution in [0, 0.1) is 10.8 Å². The van der Waals surface area contributed by atoms with Crippen LogP contribution in [0.25, 0.3) is 0 Å². The van der Waals surface area contributed by atoms with Gasteiger partial charge in [0.2, 0.25) is 0 Å². The van der Waals surface area contributed by atoms with E-state index in [1.165, 1.54) is 10.8 Å². The zero-order valence-electron chi connectivity index (χ0n) is 6.58. The third-order valence-corrected chi connectivity index (χ3v) is 1.55. The summed E-state index contributed by atoms with van der Waals surface area (Å²) in [5, 5.41) is 0. The average Bonchev–Trinajstić information content (AvgIpc) is 1.69. The minimum absolute atomic E-state index is 0. The van der Waals surface area contributed by atoms with Gasteiger partial charge in [-0.05, 0) is 11.3 Å². The van der Waals surface area contributed by atoms with Crippen molar-refractivity contribution in [2.75, 3.05) is 4.43 Å². The minimum atomic E-state index is 0. The Morgan fingerprint density at radius 3 is 2.62 bits per heavy atom. The molecule has 8 heavy (non-hydrogen) atoms. The van der Waals surface area contributed by atoms with E-state index in [1.807, 2.05) is 0 Å². The molecule has 0 nitrogen and oxygen atoms in total. The molecule has 0 aromatic heterocycles. The van der Waals surface area contributed by atoms with E-state index in [1.54, 1.807) is 0 Å². The van der Waals surface area contributed by atoms with Gasteiger partial charge in [0.15, 0.2) is 0 Å². The number of halogens is 2. The van der Waals surface area contributed by atoms with Crippen LogP contribution in [0.1, 0.15) is 15.7 Å². The van der Waals surface area contributed by atoms with E-state index < -0.39 is 0 Å². The largest absolute Gasteiger partial charge is 2.00 e. The number of unbranched alkanes of at least 4 members (excludes halogenated alkanes) is 1. The molecule has 0 bridgehead atoms. The van der Waals surface area contributed by atoms with Gasteiger partial charge >= 0.3 is 23.1 Å². The fourth-order valence-corrected chi connectivity index (χ4v) is 0.782. The van der Waals surface area contributed by atoms with Crippen molar-refractivity contribution in [1.29, 1.82) is 0 Å². The van der Waals surface area contributed by atoms with Crippen molar-refractivity contribution in [2.45, 2.75) is 12.8 Å². The van der Waals surface area contributed by atoms with Crippen molar-refractivity contribution in [3.05, 3.63) is 0 Å². The third-order valence-electron chi connectivity index (χ3n) is 0.502. The van der Waals surface area contributed by atoms with Crippen molar-refractivity contribution >= 4 is 61.6 Å². The monoisotopic (exact) mass is 298 g/mol. The molecule has 0 aliphatic rings. The van der Waals surface area contributed by atoms with Crippen LogP contribution >= 0.6 is 38.5 Å². The van der Waals surface area contributed by atoms with Crippen LogP contribution in [0.2, 0.25) is 0 Å². The van der Waals surface area contributed by atoms with Gasteiger partial charge in [-0.2, -0.15) is 0 Å². The van der Waals surface area contributed by atoms with E-state index >= 15 is 0 Å². The van der Waals surface area contributed by atoms with Crippen molar-refractivity contribution in [2.24, 2.45) is 0 Å². The van der Waals surface area contributed by atoms with E-state index in [0.29, 0.717) is 0 Å². The number of hydrogen-bond acceptors (Lipinski definition) is 0. The maximum absolute atomic E-state index is 3.02. The maximum atomic E-state index is 3.02. The van der Waals surface area contributed by atoms with Crippen LogP contribution in [0.15, 0.2) is 0 Å². The van der Waals surface area contributed by atoms with Gasteiger partial charge in [0.1, 0.15) is 0 Å². The molecule has 0 saturated carbocycles. The van der Waals surface area contributed by atoms with Gasteiger partial charge in [0.05, 0.1) is 0 Å². The smallest absolute Gasteiger partial charge is 1.00 e. The second-order valence-corrected chi connectivity index (χ2v) is 2.54. The first-order valence-corrected chi connectivity index (χ1v) is 4.38. The Labute approximate surface area is 91.6 Å². The Morgan fingerprint density at radius 1 is 1.62 bits per heavy atom. The zero-order chi connectivity index (χ0) is 5.54. The molecular formula is C5H8BrIMg. The van der Waals surface area contributed by atoms with E-state index in [0.717, 1.165) is 6.42 Å². The summed E-state index contributed by atoms with van der Waals surface area (Å²) >= 11 is 5.36. The molecule has 0 radical (unpaired) electrons. The molecule has 3 heteroatoms. The van der Waals surface area contributed by atoms with Gasteiger partial charge < -0.3 is 2.85 Å². The summed E-state index contributed by atoms with van der Waals surface area (Å²) < 4.78 is 1.21. The Bertz CT molecular complexity index is 91.4. The molecule has 0 aromatic rings. The molecule has 0 saturated heterocycles. The van der Waals surface area contributed by atoms with E-state index in [2.05, 4.69) is 49.3 Å². The summed E-state index contributed by atoms with van der Waals surface area (Å²) in [5.41, 5.74) is 0. The quantitative estimate of drug-likeness (QED) is 0.241. The van der Waals surface area contributed by atoms with Crippen LogP contribution in [-0.2, 0) is 0 Å². The molecule has 0 spiro atoms. The van der Waals surface area contributed by atoms with Crippen LogP contribution in [0.5, 0.6) is 0 Å². The Morgan fingerprint density at radius 2 is 2.25 bits per heavy atom. The van der Waals surface area contributed by atoms with Crippen LogP contribution in [0.4, 0.5) is 0 Å². The molecule has 0 aliphatic heterocycles. The molecule has 44 valence electrons. The van der Waals surface area contributed by atoms with Crippen LogP contribution in [0.3, 0.4) is 0 Å². The van der Waals surface area contributed by atoms with Crippen LogP contribution < -0.4 is 0 Å². The van der Waals surface area contributed by atoms with Gasteiger partial charge in [-0.3, -0.25) is 0 Å². The Balaban J connectivity index is -0.0000000600. The molecule has 0 rings (SSSR count). The fraction of sp³-hybridized carbons (Fsp3) is 0.600. The van der Waals surface area contributed by atoms with Gasteiger partial charge in [-0.1, -0.05) is 28.5 Å².